The first-order chi connectivity index (χ1) is 11.7. The minimum atomic E-state index is -0.326. The quantitative estimate of drug-likeness (QED) is 0.646. The van der Waals surface area contributed by atoms with Crippen molar-refractivity contribution >= 4 is 17.0 Å². The number of nitrogens with zero attached hydrogens (tertiary/aromatic N) is 2. The van der Waals surface area contributed by atoms with E-state index in [1.165, 1.54) is 11.1 Å². The van der Waals surface area contributed by atoms with Gasteiger partial charge in [0, 0.05) is 17.3 Å². The summed E-state index contributed by atoms with van der Waals surface area (Å²) in [6, 6.07) is 10.5. The molecule has 0 saturated heterocycles. The van der Waals surface area contributed by atoms with Crippen LogP contribution in [0.5, 0.6) is 0 Å². The van der Waals surface area contributed by atoms with Crippen LogP contribution in [0.1, 0.15) is 18.4 Å². The van der Waals surface area contributed by atoms with Crippen LogP contribution in [0, 0.1) is 6.92 Å². The number of aliphatic hydroxyl groups is 1. The van der Waals surface area contributed by atoms with Gasteiger partial charge in [0.25, 0.3) is 0 Å². The van der Waals surface area contributed by atoms with Gasteiger partial charge in [0.15, 0.2) is 0 Å². The van der Waals surface area contributed by atoms with Crippen molar-refractivity contribution in [3.05, 3.63) is 54.2 Å². The van der Waals surface area contributed by atoms with Crippen molar-refractivity contribution in [1.29, 1.82) is 0 Å². The molecule has 2 atom stereocenters. The third kappa shape index (κ3) is 2.90. The van der Waals surface area contributed by atoms with E-state index >= 15 is 0 Å². The van der Waals surface area contributed by atoms with Gasteiger partial charge in [0.1, 0.15) is 0 Å². The van der Waals surface area contributed by atoms with Gasteiger partial charge in [0.05, 0.1) is 23.3 Å². The van der Waals surface area contributed by atoms with Gasteiger partial charge in [-0.25, -0.2) is 9.97 Å². The summed E-state index contributed by atoms with van der Waals surface area (Å²) in [6.45, 7) is 2.10. The van der Waals surface area contributed by atoms with Crippen molar-refractivity contribution in [3.8, 4) is 11.3 Å². The van der Waals surface area contributed by atoms with E-state index in [2.05, 4.69) is 45.4 Å². The van der Waals surface area contributed by atoms with Crippen LogP contribution in [0.3, 0.4) is 0 Å². The summed E-state index contributed by atoms with van der Waals surface area (Å²) < 4.78 is 0. The zero-order valence-electron chi connectivity index (χ0n) is 13.5. The molecule has 0 saturated carbocycles. The molecule has 0 bridgehead atoms. The molecule has 1 aliphatic carbocycles. The van der Waals surface area contributed by atoms with Gasteiger partial charge >= 0.3 is 0 Å². The molecule has 122 valence electrons. The molecule has 0 aliphatic heterocycles. The fourth-order valence-corrected chi connectivity index (χ4v) is 3.10. The van der Waals surface area contributed by atoms with Gasteiger partial charge in [0.2, 0.25) is 5.95 Å². The van der Waals surface area contributed by atoms with Gasteiger partial charge in [-0.15, -0.1) is 0 Å². The summed E-state index contributed by atoms with van der Waals surface area (Å²) in [5, 5.41) is 12.8. The van der Waals surface area contributed by atoms with Crippen molar-refractivity contribution in [3.63, 3.8) is 0 Å². The summed E-state index contributed by atoms with van der Waals surface area (Å²) >= 11 is 0. The smallest absolute Gasteiger partial charge is 0.223 e. The number of aryl methyl sites for hydroxylation is 1. The molecule has 3 N–H and O–H groups in total. The summed E-state index contributed by atoms with van der Waals surface area (Å²) in [5.74, 6) is 0.615. The van der Waals surface area contributed by atoms with E-state index in [9.17, 15) is 5.11 Å². The Morgan fingerprint density at radius 1 is 1.21 bits per heavy atom. The highest BCUT2D eigenvalue weighted by atomic mass is 16.3. The van der Waals surface area contributed by atoms with Crippen molar-refractivity contribution in [2.75, 3.05) is 5.32 Å². The fraction of sp³-hybridized carbons (Fsp3) is 0.263. The first-order valence-corrected chi connectivity index (χ1v) is 8.24. The van der Waals surface area contributed by atoms with Crippen LogP contribution in [0.25, 0.3) is 22.3 Å². The maximum Gasteiger partial charge on any atom is 0.223 e. The molecule has 2 heterocycles. The number of aromatic amines is 1. The number of benzene rings is 1. The van der Waals surface area contributed by atoms with Gasteiger partial charge in [-0.1, -0.05) is 36.4 Å². The Morgan fingerprint density at radius 2 is 2.08 bits per heavy atom. The summed E-state index contributed by atoms with van der Waals surface area (Å²) in [7, 11) is 0. The Kier molecular flexibility index (Phi) is 3.78. The molecule has 4 rings (SSSR count). The monoisotopic (exact) mass is 320 g/mol. The number of aromatic nitrogens is 3. The van der Waals surface area contributed by atoms with Crippen LogP contribution < -0.4 is 5.32 Å². The van der Waals surface area contributed by atoms with Crippen LogP contribution in [0.4, 0.5) is 5.95 Å². The normalized spacial score (nSPS) is 20.4. The standard InChI is InChI=1S/C19H20N4O/c1-12-4-2-3-5-15(12)16-10-17-18(22-16)11-20-19(23-17)21-13-6-8-14(24)9-7-13/h2-6,8,10-11,13-14,22,24H,7,9H2,1H3,(H,20,21,23). The number of rotatable bonds is 3. The zero-order chi connectivity index (χ0) is 16.5. The number of hydrogen-bond acceptors (Lipinski definition) is 4. The topological polar surface area (TPSA) is 73.8 Å². The number of nitrogens with one attached hydrogen (secondary N) is 2. The third-order valence-corrected chi connectivity index (χ3v) is 4.46. The predicted octanol–water partition coefficient (Wildman–Crippen LogP) is 3.42. The Bertz CT molecular complexity index is 899. The molecule has 0 radical (unpaired) electrons. The molecule has 5 nitrogen and oxygen atoms in total. The van der Waals surface area contributed by atoms with Crippen molar-refractivity contribution in [2.24, 2.45) is 0 Å². The number of H-pyrrole nitrogens is 1. The van der Waals surface area contributed by atoms with Crippen LogP contribution >= 0.6 is 0 Å². The van der Waals surface area contributed by atoms with Gasteiger partial charge in [-0.2, -0.15) is 0 Å². The summed E-state index contributed by atoms with van der Waals surface area (Å²) in [6.07, 6.45) is 6.93. The van der Waals surface area contributed by atoms with Crippen LogP contribution in [0.15, 0.2) is 48.7 Å². The molecule has 0 fully saturated rings. The summed E-state index contributed by atoms with van der Waals surface area (Å²) in [4.78, 5) is 12.4. The molecule has 1 aliphatic rings. The average Bonchev–Trinajstić information content (AvgIpc) is 3.00. The van der Waals surface area contributed by atoms with Crippen LogP contribution in [-0.2, 0) is 0 Å². The number of hydrogen-bond donors (Lipinski definition) is 3. The first kappa shape index (κ1) is 14.9. The lowest BCUT2D eigenvalue weighted by molar-refractivity contribution is 0.202. The lowest BCUT2D eigenvalue weighted by Crippen LogP contribution is -2.24. The van der Waals surface area contributed by atoms with Crippen LogP contribution in [0.2, 0.25) is 0 Å². The van der Waals surface area contributed by atoms with Crippen molar-refractivity contribution in [1.82, 2.24) is 15.0 Å². The first-order valence-electron chi connectivity index (χ1n) is 8.24. The molecule has 5 heteroatoms. The van der Waals surface area contributed by atoms with Crippen molar-refractivity contribution in [2.45, 2.75) is 31.9 Å². The summed E-state index contributed by atoms with van der Waals surface area (Å²) in [5.41, 5.74) is 5.27. The SMILES string of the molecule is Cc1ccccc1-c1cc2nc(NC3C=CC(O)CC3)ncc2[nH]1. The molecule has 3 aromatic rings. The second-order valence-corrected chi connectivity index (χ2v) is 6.27. The maximum absolute atomic E-state index is 9.52. The predicted molar refractivity (Wildman–Crippen MR) is 95.9 cm³/mol. The minimum Gasteiger partial charge on any atom is -0.389 e. The highest BCUT2D eigenvalue weighted by Gasteiger charge is 2.15. The largest absolute Gasteiger partial charge is 0.389 e. The van der Waals surface area contributed by atoms with Gasteiger partial charge < -0.3 is 15.4 Å². The Balaban J connectivity index is 1.62. The van der Waals surface area contributed by atoms with Crippen LogP contribution in [-0.4, -0.2) is 32.2 Å². The van der Waals surface area contributed by atoms with E-state index in [1.54, 1.807) is 0 Å². The molecule has 1 aromatic carbocycles. The number of fused-ring (bicyclic) bond motifs is 1. The molecule has 0 spiro atoms. The Labute approximate surface area is 140 Å². The second kappa shape index (κ2) is 6.09. The Hall–Kier alpha value is -2.66. The minimum absolute atomic E-state index is 0.167. The van der Waals surface area contributed by atoms with E-state index in [0.29, 0.717) is 5.95 Å². The number of anilines is 1. The number of aliphatic hydroxyl groups excluding tert-OH is 1. The highest BCUT2D eigenvalue weighted by Crippen LogP contribution is 2.26. The van der Waals surface area contributed by atoms with E-state index in [0.717, 1.165) is 29.6 Å². The van der Waals surface area contributed by atoms with E-state index in [4.69, 9.17) is 0 Å². The van der Waals surface area contributed by atoms with E-state index < -0.39 is 0 Å². The molecule has 2 unspecified atom stereocenters. The van der Waals surface area contributed by atoms with Gasteiger partial charge in [-0.3, -0.25) is 0 Å². The molecule has 24 heavy (non-hydrogen) atoms. The van der Waals surface area contributed by atoms with Gasteiger partial charge in [-0.05, 0) is 31.4 Å². The molecular formula is C19H20N4O. The Morgan fingerprint density at radius 3 is 2.88 bits per heavy atom. The van der Waals surface area contributed by atoms with E-state index in [-0.39, 0.29) is 12.1 Å². The maximum atomic E-state index is 9.52. The zero-order valence-corrected chi connectivity index (χ0v) is 13.5. The molecular weight excluding hydrogens is 300 g/mol. The third-order valence-electron chi connectivity index (χ3n) is 4.46. The second-order valence-electron chi connectivity index (χ2n) is 6.27. The lowest BCUT2D eigenvalue weighted by Gasteiger charge is -2.20. The van der Waals surface area contributed by atoms with Crippen molar-refractivity contribution < 1.29 is 5.11 Å². The fourth-order valence-electron chi connectivity index (χ4n) is 3.10. The molecule has 0 amide bonds. The molecule has 2 aromatic heterocycles. The lowest BCUT2D eigenvalue weighted by atomic mass is 10.0. The average molecular weight is 320 g/mol. The highest BCUT2D eigenvalue weighted by molar-refractivity contribution is 5.83. The van der Waals surface area contributed by atoms with E-state index in [1.807, 2.05) is 30.5 Å².